The molecule has 3 rings (SSSR count). The fraction of sp³-hybridized carbons (Fsp3) is 0.238. The SMILES string of the molecule is CC(=O)C[n+]1c(SC(C)(C)[Si]C#Cc2ccccc2)sc2ccccc21. The van der Waals surface area contributed by atoms with Gasteiger partial charge >= 0.3 is 0 Å². The number of benzene rings is 2. The molecule has 1 heterocycles. The summed E-state index contributed by atoms with van der Waals surface area (Å²) in [6.45, 7) is 6.50. The molecule has 0 aliphatic heterocycles. The smallest absolute Gasteiger partial charge is 0.293 e. The molecule has 0 bridgehead atoms. The van der Waals surface area contributed by atoms with Crippen molar-refractivity contribution in [3.05, 3.63) is 60.2 Å². The lowest BCUT2D eigenvalue weighted by molar-refractivity contribution is -0.689. The minimum absolute atomic E-state index is 0.0127. The summed E-state index contributed by atoms with van der Waals surface area (Å²) in [5, 5.41) is 0. The van der Waals surface area contributed by atoms with Crippen LogP contribution >= 0.6 is 23.1 Å². The first-order valence-electron chi connectivity index (χ1n) is 8.38. The first-order chi connectivity index (χ1) is 12.4. The van der Waals surface area contributed by atoms with Gasteiger partial charge in [-0.05, 0) is 30.0 Å². The number of hydrogen-bond acceptors (Lipinski definition) is 3. The van der Waals surface area contributed by atoms with E-state index in [1.807, 2.05) is 54.2 Å². The molecular formula is C21H20NOS2Si+. The van der Waals surface area contributed by atoms with Crippen molar-refractivity contribution < 1.29 is 9.36 Å². The number of thiazole rings is 1. The Hall–Kier alpha value is -1.87. The van der Waals surface area contributed by atoms with Crippen LogP contribution in [0, 0.1) is 11.5 Å². The van der Waals surface area contributed by atoms with E-state index in [9.17, 15) is 4.79 Å². The van der Waals surface area contributed by atoms with Gasteiger partial charge in [0.25, 0.3) is 4.34 Å². The summed E-state index contributed by atoms with van der Waals surface area (Å²) in [5.74, 6) is 3.42. The van der Waals surface area contributed by atoms with Gasteiger partial charge in [-0.1, -0.05) is 61.4 Å². The van der Waals surface area contributed by atoms with E-state index in [4.69, 9.17) is 0 Å². The number of nitrogens with zero attached hydrogens (tertiary/aromatic N) is 1. The van der Waals surface area contributed by atoms with Crippen molar-refractivity contribution in [2.45, 2.75) is 36.0 Å². The number of aromatic nitrogens is 1. The predicted octanol–water partition coefficient (Wildman–Crippen LogP) is 4.32. The molecule has 0 fully saturated rings. The molecular weight excluding hydrogens is 374 g/mol. The highest BCUT2D eigenvalue weighted by Crippen LogP contribution is 2.35. The van der Waals surface area contributed by atoms with Crippen LogP contribution in [0.1, 0.15) is 26.3 Å². The zero-order valence-corrected chi connectivity index (χ0v) is 17.7. The number of para-hydroxylation sites is 1. The van der Waals surface area contributed by atoms with Crippen molar-refractivity contribution in [3.8, 4) is 11.5 Å². The first-order valence-corrected chi connectivity index (χ1v) is 11.0. The minimum atomic E-state index is -0.0127. The van der Waals surface area contributed by atoms with Crippen molar-refractivity contribution in [2.24, 2.45) is 0 Å². The molecule has 130 valence electrons. The van der Waals surface area contributed by atoms with E-state index in [2.05, 4.69) is 42.0 Å². The Morgan fingerprint density at radius 1 is 1.15 bits per heavy atom. The van der Waals surface area contributed by atoms with E-state index in [0.29, 0.717) is 16.1 Å². The van der Waals surface area contributed by atoms with Crippen LogP contribution in [0.25, 0.3) is 10.2 Å². The molecule has 5 heteroatoms. The molecule has 0 aliphatic rings. The topological polar surface area (TPSA) is 20.9 Å². The maximum atomic E-state index is 11.8. The van der Waals surface area contributed by atoms with Gasteiger partial charge in [-0.15, -0.1) is 5.54 Å². The van der Waals surface area contributed by atoms with Gasteiger partial charge in [-0.2, -0.15) is 4.57 Å². The van der Waals surface area contributed by atoms with Gasteiger partial charge in [0.2, 0.25) is 12.1 Å². The largest absolute Gasteiger partial charge is 0.299 e. The summed E-state index contributed by atoms with van der Waals surface area (Å²) in [4.78, 5) is 11.8. The van der Waals surface area contributed by atoms with Gasteiger partial charge in [0.15, 0.2) is 15.3 Å². The lowest BCUT2D eigenvalue weighted by Gasteiger charge is -2.16. The number of carbonyl (C=O) groups excluding carboxylic acids is 1. The van der Waals surface area contributed by atoms with Crippen LogP contribution in [0.4, 0.5) is 0 Å². The number of carbonyl (C=O) groups is 1. The van der Waals surface area contributed by atoms with Crippen LogP contribution in [-0.2, 0) is 11.3 Å². The molecule has 26 heavy (non-hydrogen) atoms. The van der Waals surface area contributed by atoms with Gasteiger partial charge in [-0.25, -0.2) is 0 Å². The highest BCUT2D eigenvalue weighted by Gasteiger charge is 2.29. The van der Waals surface area contributed by atoms with E-state index < -0.39 is 0 Å². The Morgan fingerprint density at radius 3 is 2.58 bits per heavy atom. The number of thioether (sulfide) groups is 1. The van der Waals surface area contributed by atoms with Gasteiger partial charge < -0.3 is 0 Å². The monoisotopic (exact) mass is 394 g/mol. The molecule has 0 atom stereocenters. The Labute approximate surface area is 165 Å². The Morgan fingerprint density at radius 2 is 1.85 bits per heavy atom. The quantitative estimate of drug-likeness (QED) is 0.278. The van der Waals surface area contributed by atoms with Gasteiger partial charge in [-0.3, -0.25) is 4.79 Å². The summed E-state index contributed by atoms with van der Waals surface area (Å²) >= 11 is 3.57. The molecule has 0 N–H and O–H groups in total. The van der Waals surface area contributed by atoms with E-state index in [1.165, 1.54) is 9.04 Å². The lowest BCUT2D eigenvalue weighted by Crippen LogP contribution is -2.39. The van der Waals surface area contributed by atoms with Crippen molar-refractivity contribution in [1.29, 1.82) is 0 Å². The van der Waals surface area contributed by atoms with Crippen LogP contribution < -0.4 is 4.57 Å². The van der Waals surface area contributed by atoms with Gasteiger partial charge in [0.1, 0.15) is 4.70 Å². The molecule has 0 saturated heterocycles. The highest BCUT2D eigenvalue weighted by atomic mass is 32.2. The van der Waals surface area contributed by atoms with E-state index in [-0.39, 0.29) is 10.2 Å². The molecule has 2 aromatic carbocycles. The van der Waals surface area contributed by atoms with Crippen LogP contribution in [0.5, 0.6) is 0 Å². The number of Topliss-reactive ketones (excluding diaryl/α,β-unsaturated/α-hetero) is 1. The van der Waals surface area contributed by atoms with Crippen LogP contribution in [-0.4, -0.2) is 19.7 Å². The zero-order valence-electron chi connectivity index (χ0n) is 15.1. The van der Waals surface area contributed by atoms with E-state index in [1.54, 1.807) is 18.3 Å². The highest BCUT2D eigenvalue weighted by molar-refractivity contribution is 8.03. The summed E-state index contributed by atoms with van der Waals surface area (Å²) < 4.78 is 4.51. The summed E-state index contributed by atoms with van der Waals surface area (Å²) in [6.07, 6.45) is 0. The third kappa shape index (κ3) is 4.85. The third-order valence-electron chi connectivity index (χ3n) is 3.64. The van der Waals surface area contributed by atoms with E-state index >= 15 is 0 Å². The number of rotatable bonds is 5. The van der Waals surface area contributed by atoms with E-state index in [0.717, 1.165) is 11.1 Å². The third-order valence-corrected chi connectivity index (χ3v) is 7.47. The second-order valence-electron chi connectivity index (χ2n) is 6.48. The fourth-order valence-corrected chi connectivity index (χ4v) is 6.52. The average molecular weight is 395 g/mol. The van der Waals surface area contributed by atoms with Crippen LogP contribution in [0.3, 0.4) is 0 Å². The maximum absolute atomic E-state index is 11.8. The standard InChI is InChI=1S/C21H20NOS2Si/c1-16(23)15-22-18-11-7-8-12-19(18)24-20(22)25-21(2,3)26-14-13-17-9-5-4-6-10-17/h4-12H,15H2,1-3H3/q+1. The molecule has 2 radical (unpaired) electrons. The minimum Gasteiger partial charge on any atom is -0.293 e. The summed E-state index contributed by atoms with van der Waals surface area (Å²) in [7, 11) is 0.499. The van der Waals surface area contributed by atoms with Gasteiger partial charge in [0, 0.05) is 22.9 Å². The molecule has 2 nitrogen and oxygen atoms in total. The van der Waals surface area contributed by atoms with Crippen molar-refractivity contribution in [1.82, 2.24) is 0 Å². The molecule has 0 amide bonds. The van der Waals surface area contributed by atoms with Gasteiger partial charge in [0.05, 0.1) is 0 Å². The first kappa shape index (κ1) is 18.9. The Balaban J connectivity index is 1.82. The molecule has 3 aromatic rings. The second-order valence-corrected chi connectivity index (χ2v) is 11.5. The fourth-order valence-electron chi connectivity index (χ4n) is 2.48. The number of ketones is 1. The molecule has 0 unspecified atom stereocenters. The maximum Gasteiger partial charge on any atom is 0.299 e. The molecule has 0 spiro atoms. The predicted molar refractivity (Wildman–Crippen MR) is 112 cm³/mol. The summed E-state index contributed by atoms with van der Waals surface area (Å²) in [5.41, 5.74) is 5.52. The van der Waals surface area contributed by atoms with Crippen molar-refractivity contribution >= 4 is 48.6 Å². The molecule has 0 saturated carbocycles. The normalized spacial score (nSPS) is 11.2. The summed E-state index contributed by atoms with van der Waals surface area (Å²) in [6, 6.07) is 18.4. The van der Waals surface area contributed by atoms with Crippen LogP contribution in [0.15, 0.2) is 58.9 Å². The number of fused-ring (bicyclic) bond motifs is 1. The Bertz CT molecular complexity index is 983. The molecule has 0 aliphatic carbocycles. The average Bonchev–Trinajstić information content (AvgIpc) is 2.92. The van der Waals surface area contributed by atoms with Crippen LogP contribution in [0.2, 0.25) is 0 Å². The zero-order chi connectivity index (χ0) is 18.6. The van der Waals surface area contributed by atoms with Crippen molar-refractivity contribution in [2.75, 3.05) is 0 Å². The number of hydrogen-bond donors (Lipinski definition) is 0. The molecule has 1 aromatic heterocycles. The van der Waals surface area contributed by atoms with Crippen molar-refractivity contribution in [3.63, 3.8) is 0 Å². The second kappa shape index (κ2) is 8.21. The lowest BCUT2D eigenvalue weighted by atomic mass is 10.2. The Kier molecular flexibility index (Phi) is 5.97.